The van der Waals surface area contributed by atoms with Crippen LogP contribution in [0.4, 0.5) is 0 Å². The van der Waals surface area contributed by atoms with Gasteiger partial charge in [-0.05, 0) is 12.1 Å². The van der Waals surface area contributed by atoms with Crippen LogP contribution in [0.2, 0.25) is 0 Å². The van der Waals surface area contributed by atoms with Crippen LogP contribution < -0.4 is 14.8 Å². The molecule has 104 valence electrons. The molecular formula is C14H20N2O3. The Labute approximate surface area is 113 Å². The molecule has 2 unspecified atom stereocenters. The lowest BCUT2D eigenvalue weighted by atomic mass is 10.1. The molecule has 19 heavy (non-hydrogen) atoms. The monoisotopic (exact) mass is 264 g/mol. The van der Waals surface area contributed by atoms with E-state index >= 15 is 0 Å². The third kappa shape index (κ3) is 2.68. The molecule has 0 aromatic heterocycles. The highest BCUT2D eigenvalue weighted by molar-refractivity contribution is 5.40. The third-order valence-corrected chi connectivity index (χ3v) is 3.75. The van der Waals surface area contributed by atoms with E-state index in [0.717, 1.165) is 31.1 Å². The van der Waals surface area contributed by atoms with Crippen molar-refractivity contribution in [1.82, 2.24) is 10.2 Å². The standard InChI is InChI=1S/C14H20N2O3/c17-8-7-16-6-5-15-9-11(16)14-10-18-12-3-1-2-4-13(12)19-14/h1-4,11,14-15,17H,5-10H2. The fourth-order valence-corrected chi connectivity index (χ4v) is 2.77. The summed E-state index contributed by atoms with van der Waals surface area (Å²) in [6, 6.07) is 8.01. The van der Waals surface area contributed by atoms with Crippen molar-refractivity contribution >= 4 is 0 Å². The van der Waals surface area contributed by atoms with E-state index in [9.17, 15) is 0 Å². The summed E-state index contributed by atoms with van der Waals surface area (Å²) in [6.45, 7) is 4.20. The third-order valence-electron chi connectivity index (χ3n) is 3.75. The summed E-state index contributed by atoms with van der Waals surface area (Å²) in [6.07, 6.45) is 0.00856. The Bertz CT molecular complexity index is 425. The van der Waals surface area contributed by atoms with E-state index < -0.39 is 0 Å². The van der Waals surface area contributed by atoms with Crippen molar-refractivity contribution in [3.05, 3.63) is 24.3 Å². The summed E-state index contributed by atoms with van der Waals surface area (Å²) in [7, 11) is 0. The molecule has 1 saturated heterocycles. The van der Waals surface area contributed by atoms with Crippen LogP contribution in [-0.2, 0) is 0 Å². The molecular weight excluding hydrogens is 244 g/mol. The summed E-state index contributed by atoms with van der Waals surface area (Å²) in [5.41, 5.74) is 0. The highest BCUT2D eigenvalue weighted by Gasteiger charge is 2.34. The zero-order chi connectivity index (χ0) is 13.1. The average Bonchev–Trinajstić information content (AvgIpc) is 2.48. The topological polar surface area (TPSA) is 54.0 Å². The van der Waals surface area contributed by atoms with Gasteiger partial charge in [-0.25, -0.2) is 0 Å². The minimum absolute atomic E-state index is 0.00856. The van der Waals surface area contributed by atoms with Gasteiger partial charge in [0, 0.05) is 26.2 Å². The van der Waals surface area contributed by atoms with Gasteiger partial charge in [-0.1, -0.05) is 12.1 Å². The molecule has 1 aromatic rings. The van der Waals surface area contributed by atoms with E-state index in [1.807, 2.05) is 24.3 Å². The Hall–Kier alpha value is -1.30. The number of hydrogen-bond acceptors (Lipinski definition) is 5. The van der Waals surface area contributed by atoms with Crippen molar-refractivity contribution in [2.75, 3.05) is 39.4 Å². The van der Waals surface area contributed by atoms with Crippen molar-refractivity contribution in [2.24, 2.45) is 0 Å². The van der Waals surface area contributed by atoms with Gasteiger partial charge < -0.3 is 19.9 Å². The first-order valence-electron chi connectivity index (χ1n) is 6.82. The highest BCUT2D eigenvalue weighted by Crippen LogP contribution is 2.32. The second-order valence-corrected chi connectivity index (χ2v) is 4.95. The van der Waals surface area contributed by atoms with E-state index in [-0.39, 0.29) is 18.8 Å². The van der Waals surface area contributed by atoms with Crippen LogP contribution >= 0.6 is 0 Å². The van der Waals surface area contributed by atoms with Crippen molar-refractivity contribution in [3.8, 4) is 11.5 Å². The first kappa shape index (κ1) is 12.7. The fourth-order valence-electron chi connectivity index (χ4n) is 2.77. The van der Waals surface area contributed by atoms with Gasteiger partial charge in [0.15, 0.2) is 11.5 Å². The van der Waals surface area contributed by atoms with Crippen LogP contribution in [0.25, 0.3) is 0 Å². The molecule has 5 nitrogen and oxygen atoms in total. The molecule has 0 radical (unpaired) electrons. The number of β-amino-alcohol motifs (C(OH)–C–C–N with tert-alkyl or cyclic N) is 1. The molecule has 2 atom stereocenters. The Morgan fingerprint density at radius 1 is 1.32 bits per heavy atom. The number of nitrogens with zero attached hydrogens (tertiary/aromatic N) is 1. The maximum absolute atomic E-state index is 9.16. The minimum atomic E-state index is 0.00856. The lowest BCUT2D eigenvalue weighted by Crippen LogP contribution is -2.60. The van der Waals surface area contributed by atoms with Gasteiger partial charge in [0.25, 0.3) is 0 Å². The lowest BCUT2D eigenvalue weighted by Gasteiger charge is -2.41. The van der Waals surface area contributed by atoms with Gasteiger partial charge >= 0.3 is 0 Å². The molecule has 1 aromatic carbocycles. The second kappa shape index (κ2) is 5.77. The number of benzene rings is 1. The molecule has 2 aliphatic rings. The van der Waals surface area contributed by atoms with Crippen LogP contribution in [0.15, 0.2) is 24.3 Å². The normalized spacial score (nSPS) is 27.2. The van der Waals surface area contributed by atoms with Crippen LogP contribution in [-0.4, -0.2) is 61.5 Å². The van der Waals surface area contributed by atoms with Crippen molar-refractivity contribution in [1.29, 1.82) is 0 Å². The van der Waals surface area contributed by atoms with E-state index in [1.165, 1.54) is 0 Å². The number of piperazine rings is 1. The zero-order valence-electron chi connectivity index (χ0n) is 10.9. The number of aliphatic hydroxyl groups excluding tert-OH is 1. The molecule has 0 bridgehead atoms. The van der Waals surface area contributed by atoms with Crippen LogP contribution in [0.5, 0.6) is 11.5 Å². The summed E-state index contributed by atoms with van der Waals surface area (Å²) in [5.74, 6) is 1.63. The lowest BCUT2D eigenvalue weighted by molar-refractivity contribution is -0.00141. The predicted molar refractivity (Wildman–Crippen MR) is 71.7 cm³/mol. The van der Waals surface area contributed by atoms with Gasteiger partial charge in [-0.3, -0.25) is 4.90 Å². The second-order valence-electron chi connectivity index (χ2n) is 4.95. The molecule has 0 amide bonds. The Kier molecular flexibility index (Phi) is 3.87. The zero-order valence-corrected chi connectivity index (χ0v) is 10.9. The molecule has 0 saturated carbocycles. The molecule has 5 heteroatoms. The number of aliphatic hydroxyl groups is 1. The quantitative estimate of drug-likeness (QED) is 0.810. The van der Waals surface area contributed by atoms with Crippen LogP contribution in [0.1, 0.15) is 0 Å². The van der Waals surface area contributed by atoms with E-state index in [4.69, 9.17) is 14.6 Å². The van der Waals surface area contributed by atoms with Gasteiger partial charge in [0.1, 0.15) is 12.7 Å². The van der Waals surface area contributed by atoms with Gasteiger partial charge in [0.05, 0.1) is 12.6 Å². The number of ether oxygens (including phenoxy) is 2. The summed E-state index contributed by atoms with van der Waals surface area (Å²) < 4.78 is 11.8. The molecule has 2 N–H and O–H groups in total. The molecule has 1 fully saturated rings. The largest absolute Gasteiger partial charge is 0.486 e. The summed E-state index contributed by atoms with van der Waals surface area (Å²) in [5, 5.41) is 12.5. The minimum Gasteiger partial charge on any atom is -0.486 e. The predicted octanol–water partition coefficient (Wildman–Crippen LogP) is 0.0925. The molecule has 0 spiro atoms. The van der Waals surface area contributed by atoms with Crippen LogP contribution in [0, 0.1) is 0 Å². The number of nitrogens with one attached hydrogen (secondary N) is 1. The number of para-hydroxylation sites is 2. The fraction of sp³-hybridized carbons (Fsp3) is 0.571. The van der Waals surface area contributed by atoms with Gasteiger partial charge in [-0.15, -0.1) is 0 Å². The summed E-state index contributed by atoms with van der Waals surface area (Å²) in [4.78, 5) is 2.28. The number of rotatable bonds is 3. The first-order valence-corrected chi connectivity index (χ1v) is 6.82. The van der Waals surface area contributed by atoms with Crippen molar-refractivity contribution < 1.29 is 14.6 Å². The van der Waals surface area contributed by atoms with E-state index in [2.05, 4.69) is 10.2 Å². The number of hydrogen-bond donors (Lipinski definition) is 2. The maximum Gasteiger partial charge on any atom is 0.161 e. The molecule has 0 aliphatic carbocycles. The van der Waals surface area contributed by atoms with Crippen LogP contribution in [0.3, 0.4) is 0 Å². The Balaban J connectivity index is 1.72. The Morgan fingerprint density at radius 2 is 2.16 bits per heavy atom. The van der Waals surface area contributed by atoms with Gasteiger partial charge in [0.2, 0.25) is 0 Å². The highest BCUT2D eigenvalue weighted by atomic mass is 16.6. The van der Waals surface area contributed by atoms with Crippen molar-refractivity contribution in [2.45, 2.75) is 12.1 Å². The smallest absolute Gasteiger partial charge is 0.161 e. The number of fused-ring (bicyclic) bond motifs is 1. The Morgan fingerprint density at radius 3 is 3.00 bits per heavy atom. The van der Waals surface area contributed by atoms with E-state index in [0.29, 0.717) is 13.2 Å². The molecule has 2 heterocycles. The van der Waals surface area contributed by atoms with E-state index in [1.54, 1.807) is 0 Å². The SMILES string of the molecule is OCCN1CCNCC1C1COc2ccccc2O1. The van der Waals surface area contributed by atoms with Crippen molar-refractivity contribution in [3.63, 3.8) is 0 Å². The molecule has 2 aliphatic heterocycles. The maximum atomic E-state index is 9.16. The molecule has 3 rings (SSSR count). The van der Waals surface area contributed by atoms with Gasteiger partial charge in [-0.2, -0.15) is 0 Å². The summed E-state index contributed by atoms with van der Waals surface area (Å²) >= 11 is 0. The average molecular weight is 264 g/mol. The first-order chi connectivity index (χ1) is 9.38.